The van der Waals surface area contributed by atoms with E-state index in [1.54, 1.807) is 31.2 Å². The molecule has 1 atom stereocenters. The molecule has 0 spiro atoms. The first-order valence-corrected chi connectivity index (χ1v) is 8.35. The molecule has 3 N–H and O–H groups in total. The molecule has 20 heavy (non-hydrogen) atoms. The van der Waals surface area contributed by atoms with Crippen molar-refractivity contribution in [3.8, 4) is 0 Å². The maximum absolute atomic E-state index is 12.1. The molecule has 0 fully saturated rings. The lowest BCUT2D eigenvalue weighted by Crippen LogP contribution is -2.28. The quantitative estimate of drug-likeness (QED) is 0.684. The SMILES string of the molecule is CCNS(=O)(=O)c1ccccc1NC(CO)CC(C)C. The largest absolute Gasteiger partial charge is 0.394 e. The van der Waals surface area contributed by atoms with E-state index < -0.39 is 10.0 Å². The van der Waals surface area contributed by atoms with Crippen LogP contribution in [0.15, 0.2) is 29.2 Å². The maximum atomic E-state index is 12.1. The summed E-state index contributed by atoms with van der Waals surface area (Å²) in [6.07, 6.45) is 0.770. The zero-order valence-corrected chi connectivity index (χ0v) is 13.1. The first-order chi connectivity index (χ1) is 9.40. The summed E-state index contributed by atoms with van der Waals surface area (Å²) in [7, 11) is -3.52. The minimum atomic E-state index is -3.52. The summed E-state index contributed by atoms with van der Waals surface area (Å²) in [5, 5.41) is 12.5. The average molecular weight is 300 g/mol. The fraction of sp³-hybridized carbons (Fsp3) is 0.571. The summed E-state index contributed by atoms with van der Waals surface area (Å²) in [6, 6.07) is 6.58. The molecule has 0 bridgehead atoms. The molecule has 0 aliphatic carbocycles. The highest BCUT2D eigenvalue weighted by Gasteiger charge is 2.19. The van der Waals surface area contributed by atoms with Gasteiger partial charge in [-0.1, -0.05) is 32.9 Å². The molecule has 0 saturated heterocycles. The predicted octanol–water partition coefficient (Wildman–Crippen LogP) is 1.80. The van der Waals surface area contributed by atoms with Gasteiger partial charge in [-0.15, -0.1) is 0 Å². The fourth-order valence-electron chi connectivity index (χ4n) is 2.06. The normalized spacial score (nSPS) is 13.4. The summed E-state index contributed by atoms with van der Waals surface area (Å²) >= 11 is 0. The minimum Gasteiger partial charge on any atom is -0.394 e. The van der Waals surface area contributed by atoms with Crippen molar-refractivity contribution in [2.45, 2.75) is 38.1 Å². The highest BCUT2D eigenvalue weighted by Crippen LogP contribution is 2.22. The molecule has 114 valence electrons. The third kappa shape index (κ3) is 4.77. The van der Waals surface area contributed by atoms with Crippen molar-refractivity contribution in [1.29, 1.82) is 0 Å². The third-order valence-corrected chi connectivity index (χ3v) is 4.45. The number of para-hydroxylation sites is 1. The van der Waals surface area contributed by atoms with E-state index in [9.17, 15) is 13.5 Å². The predicted molar refractivity (Wildman–Crippen MR) is 81.3 cm³/mol. The van der Waals surface area contributed by atoms with E-state index in [0.29, 0.717) is 18.2 Å². The zero-order chi connectivity index (χ0) is 15.2. The molecule has 0 saturated carbocycles. The van der Waals surface area contributed by atoms with Gasteiger partial charge in [-0.05, 0) is 24.5 Å². The number of benzene rings is 1. The van der Waals surface area contributed by atoms with Gasteiger partial charge in [0, 0.05) is 12.6 Å². The lowest BCUT2D eigenvalue weighted by molar-refractivity contribution is 0.259. The van der Waals surface area contributed by atoms with E-state index in [4.69, 9.17) is 0 Å². The Morgan fingerprint density at radius 3 is 2.45 bits per heavy atom. The number of anilines is 1. The first kappa shape index (κ1) is 16.9. The Balaban J connectivity index is 3.01. The summed E-state index contributed by atoms with van der Waals surface area (Å²) in [5.41, 5.74) is 0.521. The van der Waals surface area contributed by atoms with Gasteiger partial charge in [-0.2, -0.15) is 0 Å². The number of hydrogen-bond donors (Lipinski definition) is 3. The van der Waals surface area contributed by atoms with Gasteiger partial charge in [0.15, 0.2) is 0 Å². The van der Waals surface area contributed by atoms with Gasteiger partial charge in [0.05, 0.1) is 12.3 Å². The fourth-order valence-corrected chi connectivity index (χ4v) is 3.27. The Bertz CT molecular complexity index is 515. The van der Waals surface area contributed by atoms with Crippen molar-refractivity contribution in [1.82, 2.24) is 4.72 Å². The number of aliphatic hydroxyl groups is 1. The summed E-state index contributed by atoms with van der Waals surface area (Å²) in [4.78, 5) is 0.212. The number of nitrogens with one attached hydrogen (secondary N) is 2. The molecular formula is C14H24N2O3S. The van der Waals surface area contributed by atoms with Crippen LogP contribution in [-0.2, 0) is 10.0 Å². The third-order valence-electron chi connectivity index (χ3n) is 2.85. The van der Waals surface area contributed by atoms with Gasteiger partial charge in [0.25, 0.3) is 0 Å². The topological polar surface area (TPSA) is 78.4 Å². The Labute approximate surface area is 121 Å². The van der Waals surface area contributed by atoms with Crippen LogP contribution >= 0.6 is 0 Å². The van der Waals surface area contributed by atoms with E-state index in [1.165, 1.54) is 0 Å². The molecule has 1 aromatic rings. The van der Waals surface area contributed by atoms with Crippen LogP contribution < -0.4 is 10.0 Å². The second-order valence-corrected chi connectivity index (χ2v) is 6.89. The van der Waals surface area contributed by atoms with E-state index >= 15 is 0 Å². The Morgan fingerprint density at radius 2 is 1.90 bits per heavy atom. The van der Waals surface area contributed by atoms with Gasteiger partial charge in [-0.3, -0.25) is 0 Å². The van der Waals surface area contributed by atoms with Gasteiger partial charge >= 0.3 is 0 Å². The molecule has 0 heterocycles. The number of rotatable bonds is 8. The molecule has 0 aromatic heterocycles. The van der Waals surface area contributed by atoms with Crippen LogP contribution in [0.3, 0.4) is 0 Å². The summed E-state index contributed by atoms with van der Waals surface area (Å²) < 4.78 is 26.7. The summed E-state index contributed by atoms with van der Waals surface area (Å²) in [5.74, 6) is 0.414. The van der Waals surface area contributed by atoms with Crippen LogP contribution in [0.4, 0.5) is 5.69 Å². The van der Waals surface area contributed by atoms with E-state index in [0.717, 1.165) is 6.42 Å². The van der Waals surface area contributed by atoms with E-state index in [-0.39, 0.29) is 17.5 Å². The lowest BCUT2D eigenvalue weighted by atomic mass is 10.0. The van der Waals surface area contributed by atoms with Crippen molar-refractivity contribution in [2.24, 2.45) is 5.92 Å². The Kier molecular flexibility index (Phi) is 6.45. The number of aliphatic hydroxyl groups excluding tert-OH is 1. The molecule has 1 unspecified atom stereocenters. The van der Waals surface area contributed by atoms with Gasteiger partial charge in [-0.25, -0.2) is 13.1 Å². The molecular weight excluding hydrogens is 276 g/mol. The highest BCUT2D eigenvalue weighted by atomic mass is 32.2. The standard InChI is InChI=1S/C14H24N2O3S/c1-4-15-20(18,19)14-8-6-5-7-13(14)16-12(10-17)9-11(2)3/h5-8,11-12,15-17H,4,9-10H2,1-3H3. The van der Waals surface area contributed by atoms with Crippen LogP contribution in [0.2, 0.25) is 0 Å². The van der Waals surface area contributed by atoms with E-state index in [1.807, 2.05) is 0 Å². The van der Waals surface area contributed by atoms with Crippen molar-refractivity contribution >= 4 is 15.7 Å². The Hall–Kier alpha value is -1.11. The number of sulfonamides is 1. The average Bonchev–Trinajstić information content (AvgIpc) is 2.37. The molecule has 5 nitrogen and oxygen atoms in total. The molecule has 0 radical (unpaired) electrons. The zero-order valence-electron chi connectivity index (χ0n) is 12.3. The second-order valence-electron chi connectivity index (χ2n) is 5.15. The minimum absolute atomic E-state index is 0.0340. The van der Waals surface area contributed by atoms with Gasteiger partial charge in [0.2, 0.25) is 10.0 Å². The van der Waals surface area contributed by atoms with Crippen LogP contribution in [0.25, 0.3) is 0 Å². The van der Waals surface area contributed by atoms with Gasteiger partial charge < -0.3 is 10.4 Å². The molecule has 0 aliphatic heterocycles. The van der Waals surface area contributed by atoms with Crippen molar-refractivity contribution < 1.29 is 13.5 Å². The smallest absolute Gasteiger partial charge is 0.242 e. The van der Waals surface area contributed by atoms with Crippen molar-refractivity contribution in [2.75, 3.05) is 18.5 Å². The molecule has 0 amide bonds. The lowest BCUT2D eigenvalue weighted by Gasteiger charge is -2.21. The molecule has 6 heteroatoms. The van der Waals surface area contributed by atoms with Crippen molar-refractivity contribution in [3.05, 3.63) is 24.3 Å². The molecule has 1 rings (SSSR count). The number of hydrogen-bond acceptors (Lipinski definition) is 4. The van der Waals surface area contributed by atoms with Crippen LogP contribution in [-0.4, -0.2) is 32.7 Å². The van der Waals surface area contributed by atoms with Crippen LogP contribution in [0.1, 0.15) is 27.2 Å². The summed E-state index contributed by atoms with van der Waals surface area (Å²) in [6.45, 7) is 6.17. The molecule has 0 aliphatic rings. The van der Waals surface area contributed by atoms with Crippen LogP contribution in [0.5, 0.6) is 0 Å². The highest BCUT2D eigenvalue weighted by molar-refractivity contribution is 7.89. The van der Waals surface area contributed by atoms with Crippen LogP contribution in [0, 0.1) is 5.92 Å². The monoisotopic (exact) mass is 300 g/mol. The second kappa shape index (κ2) is 7.61. The van der Waals surface area contributed by atoms with E-state index in [2.05, 4.69) is 23.9 Å². The first-order valence-electron chi connectivity index (χ1n) is 6.86. The Morgan fingerprint density at radius 1 is 1.25 bits per heavy atom. The molecule has 1 aromatic carbocycles. The van der Waals surface area contributed by atoms with Gasteiger partial charge in [0.1, 0.15) is 4.90 Å². The maximum Gasteiger partial charge on any atom is 0.242 e. The van der Waals surface area contributed by atoms with Crippen molar-refractivity contribution in [3.63, 3.8) is 0 Å².